The fourth-order valence-corrected chi connectivity index (χ4v) is 2.36. The van der Waals surface area contributed by atoms with Gasteiger partial charge in [0.2, 0.25) is 5.91 Å². The fourth-order valence-electron chi connectivity index (χ4n) is 2.36. The van der Waals surface area contributed by atoms with Gasteiger partial charge < -0.3 is 15.4 Å². The molecule has 17 heavy (non-hydrogen) atoms. The number of ether oxygens (including phenoxy) is 1. The lowest BCUT2D eigenvalue weighted by Gasteiger charge is -2.31. The van der Waals surface area contributed by atoms with Crippen molar-refractivity contribution in [3.8, 4) is 0 Å². The van der Waals surface area contributed by atoms with E-state index in [1.165, 1.54) is 0 Å². The van der Waals surface area contributed by atoms with Crippen molar-refractivity contribution in [3.63, 3.8) is 0 Å². The summed E-state index contributed by atoms with van der Waals surface area (Å²) >= 11 is 0. The zero-order valence-electron chi connectivity index (χ0n) is 11.3. The lowest BCUT2D eigenvalue weighted by Crippen LogP contribution is -2.46. The topological polar surface area (TPSA) is 50.4 Å². The van der Waals surface area contributed by atoms with Crippen molar-refractivity contribution in [2.75, 3.05) is 32.8 Å². The zero-order valence-corrected chi connectivity index (χ0v) is 11.3. The molecule has 0 aliphatic carbocycles. The average Bonchev–Trinajstić information content (AvgIpc) is 2.79. The summed E-state index contributed by atoms with van der Waals surface area (Å²) in [6, 6.07) is 0. The third-order valence-corrected chi connectivity index (χ3v) is 3.70. The van der Waals surface area contributed by atoms with Gasteiger partial charge in [0.1, 0.15) is 0 Å². The summed E-state index contributed by atoms with van der Waals surface area (Å²) in [5, 5.41) is 6.35. The minimum Gasteiger partial charge on any atom is -0.382 e. The molecule has 0 radical (unpaired) electrons. The summed E-state index contributed by atoms with van der Waals surface area (Å²) in [6.07, 6.45) is 1.84. The summed E-state index contributed by atoms with van der Waals surface area (Å²) in [4.78, 5) is 12.2. The van der Waals surface area contributed by atoms with Crippen LogP contribution in [0.4, 0.5) is 0 Å². The Bertz CT molecular complexity index is 236. The third-order valence-electron chi connectivity index (χ3n) is 3.70. The van der Waals surface area contributed by atoms with Gasteiger partial charge in [0.25, 0.3) is 0 Å². The molecule has 0 aromatic carbocycles. The molecule has 1 rings (SSSR count). The molecule has 1 amide bonds. The molecule has 1 aliphatic heterocycles. The lowest BCUT2D eigenvalue weighted by atomic mass is 9.75. The average molecular weight is 242 g/mol. The summed E-state index contributed by atoms with van der Waals surface area (Å²) in [5.41, 5.74) is -0.203. The van der Waals surface area contributed by atoms with Crippen molar-refractivity contribution < 1.29 is 9.53 Å². The highest BCUT2D eigenvalue weighted by molar-refractivity contribution is 5.83. The second kappa shape index (κ2) is 6.97. The predicted octanol–water partition coefficient (Wildman–Crippen LogP) is 1.16. The smallest absolute Gasteiger partial charge is 0.227 e. The van der Waals surface area contributed by atoms with E-state index in [1.807, 2.05) is 6.92 Å². The van der Waals surface area contributed by atoms with Crippen LogP contribution in [0.5, 0.6) is 0 Å². The van der Waals surface area contributed by atoms with Crippen molar-refractivity contribution >= 4 is 5.91 Å². The number of rotatable bonds is 7. The Labute approximate surface area is 104 Å². The summed E-state index contributed by atoms with van der Waals surface area (Å²) in [5.74, 6) is 0.582. The van der Waals surface area contributed by atoms with Crippen LogP contribution in [-0.4, -0.2) is 38.8 Å². The van der Waals surface area contributed by atoms with Crippen molar-refractivity contribution in [2.45, 2.75) is 33.6 Å². The molecule has 2 N–H and O–H groups in total. The van der Waals surface area contributed by atoms with E-state index in [0.717, 1.165) is 39.1 Å². The van der Waals surface area contributed by atoms with Gasteiger partial charge in [-0.1, -0.05) is 13.8 Å². The normalized spacial score (nSPS) is 24.2. The number of carbonyl (C=O) groups is 1. The monoisotopic (exact) mass is 242 g/mol. The van der Waals surface area contributed by atoms with Crippen molar-refractivity contribution in [1.82, 2.24) is 10.6 Å². The Morgan fingerprint density at radius 2 is 2.29 bits per heavy atom. The van der Waals surface area contributed by atoms with Gasteiger partial charge in [0, 0.05) is 26.3 Å². The highest BCUT2D eigenvalue weighted by Crippen LogP contribution is 2.34. The molecule has 1 aliphatic rings. The highest BCUT2D eigenvalue weighted by Gasteiger charge is 2.43. The Morgan fingerprint density at radius 1 is 1.53 bits per heavy atom. The van der Waals surface area contributed by atoms with Crippen LogP contribution in [0.1, 0.15) is 33.6 Å². The molecule has 4 nitrogen and oxygen atoms in total. The number of amides is 1. The van der Waals surface area contributed by atoms with Crippen molar-refractivity contribution in [1.29, 1.82) is 0 Å². The molecule has 1 atom stereocenters. The van der Waals surface area contributed by atoms with Crippen LogP contribution < -0.4 is 10.6 Å². The maximum absolute atomic E-state index is 12.2. The van der Waals surface area contributed by atoms with Gasteiger partial charge in [0.15, 0.2) is 0 Å². The van der Waals surface area contributed by atoms with Crippen LogP contribution in [0.2, 0.25) is 0 Å². The van der Waals surface area contributed by atoms with Gasteiger partial charge in [-0.25, -0.2) is 0 Å². The first-order chi connectivity index (χ1) is 8.13. The van der Waals surface area contributed by atoms with Gasteiger partial charge in [0.05, 0.1) is 5.41 Å². The Balaban J connectivity index is 2.34. The zero-order chi connectivity index (χ0) is 12.7. The van der Waals surface area contributed by atoms with Gasteiger partial charge >= 0.3 is 0 Å². The molecule has 1 unspecified atom stereocenters. The van der Waals surface area contributed by atoms with Gasteiger partial charge in [-0.3, -0.25) is 4.79 Å². The van der Waals surface area contributed by atoms with E-state index in [9.17, 15) is 4.79 Å². The van der Waals surface area contributed by atoms with Gasteiger partial charge in [-0.05, 0) is 32.2 Å². The summed E-state index contributed by atoms with van der Waals surface area (Å²) < 4.78 is 5.25. The lowest BCUT2D eigenvalue weighted by molar-refractivity contribution is -0.132. The van der Waals surface area contributed by atoms with Crippen LogP contribution in [0.25, 0.3) is 0 Å². The standard InChI is InChI=1S/C13H26N2O2/c1-4-17-9-5-7-15-12(16)13(11(2)3)6-8-14-10-13/h11,14H,4-10H2,1-3H3,(H,15,16). The molecule has 1 fully saturated rings. The van der Waals surface area contributed by atoms with E-state index in [-0.39, 0.29) is 11.3 Å². The number of carbonyl (C=O) groups excluding carboxylic acids is 1. The van der Waals surface area contributed by atoms with Crippen LogP contribution in [0.15, 0.2) is 0 Å². The third kappa shape index (κ3) is 3.68. The number of hydrogen-bond donors (Lipinski definition) is 2. The molecule has 1 saturated heterocycles. The molecule has 0 aromatic rings. The summed E-state index contributed by atoms with van der Waals surface area (Å²) in [7, 11) is 0. The molecule has 100 valence electrons. The Kier molecular flexibility index (Phi) is 5.92. The maximum Gasteiger partial charge on any atom is 0.227 e. The van der Waals surface area contributed by atoms with E-state index in [2.05, 4.69) is 24.5 Å². The van der Waals surface area contributed by atoms with Crippen LogP contribution in [0.3, 0.4) is 0 Å². The molecule has 0 bridgehead atoms. The highest BCUT2D eigenvalue weighted by atomic mass is 16.5. The first-order valence-corrected chi connectivity index (χ1v) is 6.70. The largest absolute Gasteiger partial charge is 0.382 e. The van der Waals surface area contributed by atoms with Crippen molar-refractivity contribution in [2.24, 2.45) is 11.3 Å². The van der Waals surface area contributed by atoms with E-state index >= 15 is 0 Å². The van der Waals surface area contributed by atoms with Crippen molar-refractivity contribution in [3.05, 3.63) is 0 Å². The molecule has 0 aromatic heterocycles. The first-order valence-electron chi connectivity index (χ1n) is 6.70. The molecule has 4 heteroatoms. The van der Waals surface area contributed by atoms with E-state index in [1.54, 1.807) is 0 Å². The van der Waals surface area contributed by atoms with E-state index in [4.69, 9.17) is 4.74 Å². The molecule has 0 spiro atoms. The number of hydrogen-bond acceptors (Lipinski definition) is 3. The fraction of sp³-hybridized carbons (Fsp3) is 0.923. The molecule has 0 saturated carbocycles. The van der Waals surface area contributed by atoms with Gasteiger partial charge in [-0.15, -0.1) is 0 Å². The molecule has 1 heterocycles. The Morgan fingerprint density at radius 3 is 2.82 bits per heavy atom. The van der Waals surface area contributed by atoms with Crippen LogP contribution in [-0.2, 0) is 9.53 Å². The second-order valence-corrected chi connectivity index (χ2v) is 5.04. The molecular formula is C13H26N2O2. The predicted molar refractivity (Wildman–Crippen MR) is 68.9 cm³/mol. The van der Waals surface area contributed by atoms with E-state index < -0.39 is 0 Å². The minimum atomic E-state index is -0.203. The van der Waals surface area contributed by atoms with E-state index in [0.29, 0.717) is 12.5 Å². The SMILES string of the molecule is CCOCCCNC(=O)C1(C(C)C)CCNC1. The van der Waals surface area contributed by atoms with Gasteiger partial charge in [-0.2, -0.15) is 0 Å². The second-order valence-electron chi connectivity index (χ2n) is 5.04. The van der Waals surface area contributed by atoms with Crippen LogP contribution >= 0.6 is 0 Å². The number of nitrogens with one attached hydrogen (secondary N) is 2. The summed E-state index contributed by atoms with van der Waals surface area (Å²) in [6.45, 7) is 10.2. The maximum atomic E-state index is 12.2. The quantitative estimate of drug-likeness (QED) is 0.659. The molecular weight excluding hydrogens is 216 g/mol. The van der Waals surface area contributed by atoms with Crippen LogP contribution in [0, 0.1) is 11.3 Å². The first kappa shape index (κ1) is 14.5. The Hall–Kier alpha value is -0.610. The minimum absolute atomic E-state index is 0.203.